The number of aryl methyl sites for hydroxylation is 1. The van der Waals surface area contributed by atoms with E-state index in [1.165, 1.54) is 32.1 Å². The molecule has 31 heavy (non-hydrogen) atoms. The number of halogens is 1. The van der Waals surface area contributed by atoms with E-state index in [4.69, 9.17) is 0 Å². The summed E-state index contributed by atoms with van der Waals surface area (Å²) in [6.45, 7) is 0.695. The van der Waals surface area contributed by atoms with E-state index in [0.717, 1.165) is 0 Å². The fraction of sp³-hybridized carbons (Fsp3) is 0.350. The van der Waals surface area contributed by atoms with Gasteiger partial charge in [-0.2, -0.15) is 14.5 Å². The van der Waals surface area contributed by atoms with Crippen molar-refractivity contribution in [2.24, 2.45) is 13.0 Å². The van der Waals surface area contributed by atoms with E-state index in [-0.39, 0.29) is 29.7 Å². The van der Waals surface area contributed by atoms with Gasteiger partial charge < -0.3 is 5.32 Å². The Balaban J connectivity index is 1.40. The number of amides is 1. The number of carbonyl (C=O) groups excluding carboxylic acids is 1. The van der Waals surface area contributed by atoms with Crippen molar-refractivity contribution in [1.82, 2.24) is 23.9 Å². The molecule has 1 aromatic carbocycles. The van der Waals surface area contributed by atoms with Gasteiger partial charge >= 0.3 is 0 Å². The van der Waals surface area contributed by atoms with Gasteiger partial charge in [0, 0.05) is 44.2 Å². The van der Waals surface area contributed by atoms with Gasteiger partial charge in [0.2, 0.25) is 15.9 Å². The smallest absolute Gasteiger partial charge is 0.246 e. The summed E-state index contributed by atoms with van der Waals surface area (Å²) in [5.74, 6) is -0.756. The van der Waals surface area contributed by atoms with E-state index in [9.17, 15) is 17.6 Å². The lowest BCUT2D eigenvalue weighted by molar-refractivity contribution is -0.120. The Morgan fingerprint density at radius 3 is 2.84 bits per heavy atom. The first-order valence-corrected chi connectivity index (χ1v) is 11.3. The molecule has 1 aliphatic heterocycles. The molecule has 0 radical (unpaired) electrons. The molecule has 0 saturated carbocycles. The van der Waals surface area contributed by atoms with Gasteiger partial charge in [-0.25, -0.2) is 12.8 Å². The minimum Gasteiger partial charge on any atom is -0.309 e. The highest BCUT2D eigenvalue weighted by Crippen LogP contribution is 2.24. The van der Waals surface area contributed by atoms with Crippen LogP contribution in [0, 0.1) is 11.7 Å². The summed E-state index contributed by atoms with van der Waals surface area (Å²) in [7, 11) is -2.05. The summed E-state index contributed by atoms with van der Waals surface area (Å²) in [5.41, 5.74) is 0.493. The Morgan fingerprint density at radius 1 is 1.29 bits per heavy atom. The van der Waals surface area contributed by atoms with E-state index in [2.05, 4.69) is 15.5 Å². The molecule has 1 aliphatic rings. The number of sulfonamides is 1. The summed E-state index contributed by atoms with van der Waals surface area (Å²) in [5, 5.41) is 10.9. The van der Waals surface area contributed by atoms with Gasteiger partial charge in [-0.05, 0) is 18.9 Å². The van der Waals surface area contributed by atoms with Gasteiger partial charge in [-0.15, -0.1) is 0 Å². The number of anilines is 1. The predicted molar refractivity (Wildman–Crippen MR) is 111 cm³/mol. The van der Waals surface area contributed by atoms with Crippen LogP contribution in [0.2, 0.25) is 0 Å². The number of aromatic nitrogens is 4. The van der Waals surface area contributed by atoms with Crippen LogP contribution in [0.25, 0.3) is 0 Å². The molecule has 164 valence electrons. The third kappa shape index (κ3) is 4.67. The Kier molecular flexibility index (Phi) is 5.88. The van der Waals surface area contributed by atoms with Crippen molar-refractivity contribution < 1.29 is 17.6 Å². The van der Waals surface area contributed by atoms with Crippen LogP contribution in [0.3, 0.4) is 0 Å². The molecule has 0 spiro atoms. The van der Waals surface area contributed by atoms with Crippen molar-refractivity contribution in [3.8, 4) is 0 Å². The number of piperidine rings is 1. The molecule has 11 heteroatoms. The van der Waals surface area contributed by atoms with Crippen molar-refractivity contribution in [2.75, 3.05) is 18.4 Å². The Labute approximate surface area is 179 Å². The maximum absolute atomic E-state index is 13.8. The summed E-state index contributed by atoms with van der Waals surface area (Å²) < 4.78 is 43.8. The molecular formula is C20H23FN6O3S. The molecule has 1 saturated heterocycles. The molecular weight excluding hydrogens is 423 g/mol. The van der Waals surface area contributed by atoms with Gasteiger partial charge in [0.25, 0.3) is 0 Å². The van der Waals surface area contributed by atoms with Gasteiger partial charge in [0.15, 0.2) is 5.82 Å². The van der Waals surface area contributed by atoms with Gasteiger partial charge in [-0.1, -0.05) is 18.2 Å². The Hall–Kier alpha value is -3.05. The average Bonchev–Trinajstić information content (AvgIpc) is 3.39. The quantitative estimate of drug-likeness (QED) is 0.623. The standard InChI is InChI=1S/C20H23FN6O3S/c1-25-14-17(11-22-25)31(29,30)27-9-4-6-16(13-27)20(28)23-19-8-10-26(24-19)12-15-5-2-3-7-18(15)21/h2-3,5,7-8,10-11,14,16H,4,6,9,12-13H2,1H3,(H,23,24,28)/t16-/m0/s1. The van der Waals surface area contributed by atoms with Crippen LogP contribution in [-0.2, 0) is 28.4 Å². The van der Waals surface area contributed by atoms with Gasteiger partial charge in [0.1, 0.15) is 10.7 Å². The summed E-state index contributed by atoms with van der Waals surface area (Å²) >= 11 is 0. The zero-order valence-corrected chi connectivity index (χ0v) is 17.8. The van der Waals surface area contributed by atoms with Gasteiger partial charge in [-0.3, -0.25) is 14.2 Å². The molecule has 0 unspecified atom stereocenters. The topological polar surface area (TPSA) is 102 Å². The largest absolute Gasteiger partial charge is 0.309 e. The molecule has 3 aromatic rings. The third-order valence-electron chi connectivity index (χ3n) is 5.26. The molecule has 3 heterocycles. The Morgan fingerprint density at radius 2 is 2.10 bits per heavy atom. The number of carbonyl (C=O) groups is 1. The monoisotopic (exact) mass is 446 g/mol. The fourth-order valence-corrected chi connectivity index (χ4v) is 5.11. The molecule has 1 fully saturated rings. The number of hydrogen-bond donors (Lipinski definition) is 1. The average molecular weight is 447 g/mol. The third-order valence-corrected chi connectivity index (χ3v) is 7.07. The van der Waals surface area contributed by atoms with Crippen molar-refractivity contribution in [3.05, 3.63) is 60.3 Å². The SMILES string of the molecule is Cn1cc(S(=O)(=O)N2CCC[C@H](C(=O)Nc3ccn(Cc4ccccc4F)n3)C2)cn1. The molecule has 4 rings (SSSR count). The highest BCUT2D eigenvalue weighted by atomic mass is 32.2. The number of nitrogens with one attached hydrogen (secondary N) is 1. The fourth-order valence-electron chi connectivity index (χ4n) is 3.60. The van der Waals surface area contributed by atoms with Crippen LogP contribution >= 0.6 is 0 Å². The van der Waals surface area contributed by atoms with Crippen molar-refractivity contribution >= 4 is 21.7 Å². The second-order valence-electron chi connectivity index (χ2n) is 7.53. The number of rotatable bonds is 6. The molecule has 2 aromatic heterocycles. The zero-order valence-electron chi connectivity index (χ0n) is 17.0. The molecule has 1 N–H and O–H groups in total. The molecule has 9 nitrogen and oxygen atoms in total. The lowest BCUT2D eigenvalue weighted by Gasteiger charge is -2.30. The summed E-state index contributed by atoms with van der Waals surface area (Å²) in [6.07, 6.45) is 5.57. The highest BCUT2D eigenvalue weighted by Gasteiger charge is 2.34. The van der Waals surface area contributed by atoms with Crippen LogP contribution in [0.15, 0.2) is 53.8 Å². The Bertz CT molecular complexity index is 1190. The molecule has 0 aliphatic carbocycles. The van der Waals surface area contributed by atoms with Crippen LogP contribution in [-0.4, -0.2) is 51.3 Å². The van der Waals surface area contributed by atoms with Crippen LogP contribution in [0.1, 0.15) is 18.4 Å². The first kappa shape index (κ1) is 21.2. The first-order chi connectivity index (χ1) is 14.8. The van der Waals surface area contributed by atoms with E-state index in [1.807, 2.05) is 0 Å². The minimum atomic E-state index is -3.70. The van der Waals surface area contributed by atoms with Crippen molar-refractivity contribution in [3.63, 3.8) is 0 Å². The molecule has 1 amide bonds. The van der Waals surface area contributed by atoms with E-state index >= 15 is 0 Å². The normalized spacial score (nSPS) is 17.5. The molecule has 1 atom stereocenters. The van der Waals surface area contributed by atoms with E-state index in [1.54, 1.807) is 37.5 Å². The van der Waals surface area contributed by atoms with E-state index < -0.39 is 15.9 Å². The predicted octanol–water partition coefficient (Wildman–Crippen LogP) is 1.84. The maximum Gasteiger partial charge on any atom is 0.246 e. The summed E-state index contributed by atoms with van der Waals surface area (Å²) in [6, 6.07) is 8.06. The summed E-state index contributed by atoms with van der Waals surface area (Å²) in [4.78, 5) is 12.9. The van der Waals surface area contributed by atoms with Crippen molar-refractivity contribution in [2.45, 2.75) is 24.3 Å². The maximum atomic E-state index is 13.8. The lowest BCUT2D eigenvalue weighted by Crippen LogP contribution is -2.43. The number of hydrogen-bond acceptors (Lipinski definition) is 5. The van der Waals surface area contributed by atoms with E-state index in [0.29, 0.717) is 30.8 Å². The second kappa shape index (κ2) is 8.60. The number of nitrogens with zero attached hydrogens (tertiary/aromatic N) is 5. The van der Waals surface area contributed by atoms with Crippen LogP contribution in [0.4, 0.5) is 10.2 Å². The van der Waals surface area contributed by atoms with Gasteiger partial charge in [0.05, 0.1) is 18.7 Å². The zero-order chi connectivity index (χ0) is 22.0. The number of benzene rings is 1. The lowest BCUT2D eigenvalue weighted by atomic mass is 9.99. The van der Waals surface area contributed by atoms with Crippen LogP contribution < -0.4 is 5.32 Å². The minimum absolute atomic E-state index is 0.0962. The van der Waals surface area contributed by atoms with Crippen LogP contribution in [0.5, 0.6) is 0 Å². The second-order valence-corrected chi connectivity index (χ2v) is 9.47. The highest BCUT2D eigenvalue weighted by molar-refractivity contribution is 7.89. The van der Waals surface area contributed by atoms with Crippen molar-refractivity contribution in [1.29, 1.82) is 0 Å². The first-order valence-electron chi connectivity index (χ1n) is 9.89. The molecule has 0 bridgehead atoms.